The molecule has 0 aromatic heterocycles. The topological polar surface area (TPSA) is 52.5 Å². The fourth-order valence-corrected chi connectivity index (χ4v) is 3.13. The van der Waals surface area contributed by atoms with Crippen molar-refractivity contribution in [1.82, 2.24) is 0 Å². The number of aliphatic hydroxyl groups is 1. The molecule has 1 aliphatic carbocycles. The van der Waals surface area contributed by atoms with Gasteiger partial charge in [0.2, 0.25) is 0 Å². The number of aromatic hydroxyl groups is 1. The molecule has 0 amide bonds. The van der Waals surface area contributed by atoms with E-state index in [9.17, 15) is 10.2 Å². The van der Waals surface area contributed by atoms with E-state index in [1.165, 1.54) is 11.1 Å². The van der Waals surface area contributed by atoms with Crippen molar-refractivity contribution in [2.75, 3.05) is 5.32 Å². The Morgan fingerprint density at radius 3 is 2.81 bits per heavy atom. The van der Waals surface area contributed by atoms with Crippen LogP contribution in [0.25, 0.3) is 0 Å². The van der Waals surface area contributed by atoms with Crippen molar-refractivity contribution in [2.24, 2.45) is 0 Å². The second-order valence-electron chi connectivity index (χ2n) is 5.74. The normalized spacial score (nSPS) is 18.9. The van der Waals surface area contributed by atoms with Crippen molar-refractivity contribution in [3.63, 3.8) is 0 Å². The predicted molar refractivity (Wildman–Crippen MR) is 84.5 cm³/mol. The van der Waals surface area contributed by atoms with Gasteiger partial charge >= 0.3 is 0 Å². The van der Waals surface area contributed by atoms with E-state index in [0.717, 1.165) is 30.5 Å². The summed E-state index contributed by atoms with van der Waals surface area (Å²) < 4.78 is 0. The van der Waals surface area contributed by atoms with Gasteiger partial charge in [0.15, 0.2) is 0 Å². The lowest BCUT2D eigenvalue weighted by Gasteiger charge is -2.28. The van der Waals surface area contributed by atoms with Crippen LogP contribution >= 0.6 is 0 Å². The molecule has 0 spiro atoms. The molecule has 3 nitrogen and oxygen atoms in total. The maximum Gasteiger partial charge on any atom is 0.115 e. The second-order valence-corrected chi connectivity index (χ2v) is 5.74. The Labute approximate surface area is 125 Å². The molecule has 0 saturated heterocycles. The van der Waals surface area contributed by atoms with Gasteiger partial charge < -0.3 is 15.5 Å². The van der Waals surface area contributed by atoms with E-state index in [0.29, 0.717) is 5.75 Å². The van der Waals surface area contributed by atoms with E-state index < -0.39 is 6.10 Å². The van der Waals surface area contributed by atoms with Crippen LogP contribution in [0.15, 0.2) is 42.5 Å². The quantitative estimate of drug-likeness (QED) is 0.800. The number of nitrogens with one attached hydrogen (secondary N) is 1. The van der Waals surface area contributed by atoms with E-state index in [1.54, 1.807) is 13.0 Å². The van der Waals surface area contributed by atoms with Crippen molar-refractivity contribution >= 4 is 5.69 Å². The number of hydrogen-bond acceptors (Lipinski definition) is 3. The van der Waals surface area contributed by atoms with E-state index in [4.69, 9.17) is 0 Å². The van der Waals surface area contributed by atoms with E-state index >= 15 is 0 Å². The third-order valence-electron chi connectivity index (χ3n) is 4.18. The average Bonchev–Trinajstić information content (AvgIpc) is 2.47. The summed E-state index contributed by atoms with van der Waals surface area (Å²) in [5, 5.41) is 23.1. The Kier molecular flexibility index (Phi) is 3.84. The number of aliphatic hydroxyl groups excluding tert-OH is 1. The minimum absolute atomic E-state index is 0.231. The zero-order valence-electron chi connectivity index (χ0n) is 12.2. The van der Waals surface area contributed by atoms with E-state index in [-0.39, 0.29) is 6.04 Å². The Hall–Kier alpha value is -2.00. The molecule has 2 atom stereocenters. The number of anilines is 1. The fourth-order valence-electron chi connectivity index (χ4n) is 3.13. The zero-order chi connectivity index (χ0) is 14.8. The molecule has 3 rings (SSSR count). The summed E-state index contributed by atoms with van der Waals surface area (Å²) in [5.74, 6) is 0.332. The summed E-state index contributed by atoms with van der Waals surface area (Å²) >= 11 is 0. The average molecular weight is 283 g/mol. The Bertz CT molecular complexity index is 637. The molecule has 2 aromatic rings. The minimum Gasteiger partial charge on any atom is -0.508 e. The molecule has 3 N–H and O–H groups in total. The first kappa shape index (κ1) is 14.0. The predicted octanol–water partition coefficient (Wildman–Crippen LogP) is 3.94. The number of benzene rings is 2. The van der Waals surface area contributed by atoms with Gasteiger partial charge in [0, 0.05) is 11.3 Å². The standard InChI is InChI=1S/C18H21NO2/c1-12(20)15-6-2-3-7-17(15)19-18-8-4-5-13-11-14(21)9-10-16(13)18/h2-3,6-7,9-12,18-21H,4-5,8H2,1H3. The molecule has 2 unspecified atom stereocenters. The van der Waals surface area contributed by atoms with Crippen LogP contribution in [0, 0.1) is 0 Å². The molecule has 0 saturated carbocycles. The minimum atomic E-state index is -0.489. The number of fused-ring (bicyclic) bond motifs is 1. The highest BCUT2D eigenvalue weighted by molar-refractivity contribution is 5.54. The fraction of sp³-hybridized carbons (Fsp3) is 0.333. The Morgan fingerprint density at radius 1 is 1.19 bits per heavy atom. The lowest BCUT2D eigenvalue weighted by atomic mass is 9.87. The number of hydrogen-bond donors (Lipinski definition) is 3. The highest BCUT2D eigenvalue weighted by atomic mass is 16.3. The molecule has 0 heterocycles. The largest absolute Gasteiger partial charge is 0.508 e. The number of para-hydroxylation sites is 1. The van der Waals surface area contributed by atoms with Crippen LogP contribution in [0.2, 0.25) is 0 Å². The first-order chi connectivity index (χ1) is 10.1. The van der Waals surface area contributed by atoms with Crippen molar-refractivity contribution in [2.45, 2.75) is 38.3 Å². The van der Waals surface area contributed by atoms with Crippen LogP contribution in [-0.2, 0) is 6.42 Å². The summed E-state index contributed by atoms with van der Waals surface area (Å²) in [4.78, 5) is 0. The van der Waals surface area contributed by atoms with Crippen LogP contribution < -0.4 is 5.32 Å². The number of phenols is 1. The van der Waals surface area contributed by atoms with E-state index in [2.05, 4.69) is 5.32 Å². The molecule has 0 fully saturated rings. The van der Waals surface area contributed by atoms with E-state index in [1.807, 2.05) is 36.4 Å². The van der Waals surface area contributed by atoms with Gasteiger partial charge in [-0.05, 0) is 55.5 Å². The summed E-state index contributed by atoms with van der Waals surface area (Å²) in [6.07, 6.45) is 2.69. The van der Waals surface area contributed by atoms with Crippen molar-refractivity contribution in [3.05, 3.63) is 59.2 Å². The van der Waals surface area contributed by atoms with Crippen molar-refractivity contribution in [1.29, 1.82) is 0 Å². The summed E-state index contributed by atoms with van der Waals surface area (Å²) in [7, 11) is 0. The maximum atomic E-state index is 9.89. The Balaban J connectivity index is 1.91. The van der Waals surface area contributed by atoms with Gasteiger partial charge in [-0.25, -0.2) is 0 Å². The summed E-state index contributed by atoms with van der Waals surface area (Å²) in [6, 6.07) is 13.7. The van der Waals surface area contributed by atoms with Gasteiger partial charge in [-0.3, -0.25) is 0 Å². The Morgan fingerprint density at radius 2 is 2.00 bits per heavy atom. The number of aryl methyl sites for hydroxylation is 1. The summed E-state index contributed by atoms with van der Waals surface area (Å²) in [5.41, 5.74) is 4.37. The molecule has 0 aliphatic heterocycles. The van der Waals surface area contributed by atoms with Gasteiger partial charge in [-0.15, -0.1) is 0 Å². The van der Waals surface area contributed by atoms with Gasteiger partial charge in [0.05, 0.1) is 12.1 Å². The monoisotopic (exact) mass is 283 g/mol. The highest BCUT2D eigenvalue weighted by Gasteiger charge is 2.21. The molecule has 3 heteroatoms. The molecule has 0 radical (unpaired) electrons. The SMILES string of the molecule is CC(O)c1ccccc1NC1CCCc2cc(O)ccc21. The van der Waals surface area contributed by atoms with Gasteiger partial charge in [-0.2, -0.15) is 0 Å². The first-order valence-electron chi connectivity index (χ1n) is 7.50. The highest BCUT2D eigenvalue weighted by Crippen LogP contribution is 2.35. The van der Waals surface area contributed by atoms with Gasteiger partial charge in [0.25, 0.3) is 0 Å². The van der Waals surface area contributed by atoms with Crippen LogP contribution in [-0.4, -0.2) is 10.2 Å². The zero-order valence-corrected chi connectivity index (χ0v) is 12.2. The third-order valence-corrected chi connectivity index (χ3v) is 4.18. The molecular formula is C18H21NO2. The maximum absolute atomic E-state index is 9.89. The molecule has 2 aromatic carbocycles. The number of rotatable bonds is 3. The van der Waals surface area contributed by atoms with Crippen LogP contribution in [0.3, 0.4) is 0 Å². The summed E-state index contributed by atoms with van der Waals surface area (Å²) in [6.45, 7) is 1.79. The van der Waals surface area contributed by atoms with Crippen molar-refractivity contribution < 1.29 is 10.2 Å². The van der Waals surface area contributed by atoms with Gasteiger partial charge in [-0.1, -0.05) is 24.3 Å². The van der Waals surface area contributed by atoms with Crippen LogP contribution in [0.1, 0.15) is 48.6 Å². The first-order valence-corrected chi connectivity index (χ1v) is 7.50. The number of phenolic OH excluding ortho intramolecular Hbond substituents is 1. The van der Waals surface area contributed by atoms with Crippen LogP contribution in [0.4, 0.5) is 5.69 Å². The van der Waals surface area contributed by atoms with Crippen molar-refractivity contribution in [3.8, 4) is 5.75 Å². The lowest BCUT2D eigenvalue weighted by Crippen LogP contribution is -2.18. The van der Waals surface area contributed by atoms with Gasteiger partial charge in [0.1, 0.15) is 5.75 Å². The molecule has 21 heavy (non-hydrogen) atoms. The lowest BCUT2D eigenvalue weighted by molar-refractivity contribution is 0.200. The smallest absolute Gasteiger partial charge is 0.115 e. The third kappa shape index (κ3) is 2.88. The molecular weight excluding hydrogens is 262 g/mol. The van der Waals surface area contributed by atoms with Crippen LogP contribution in [0.5, 0.6) is 5.75 Å². The molecule has 0 bridgehead atoms. The second kappa shape index (κ2) is 5.78. The molecule has 1 aliphatic rings. The molecule has 110 valence electrons.